The lowest BCUT2D eigenvalue weighted by atomic mass is 10.2. The van der Waals surface area contributed by atoms with Crippen LogP contribution in [-0.4, -0.2) is 29.1 Å². The predicted octanol–water partition coefficient (Wildman–Crippen LogP) is 6.71. The molecule has 8 heteroatoms. The summed E-state index contributed by atoms with van der Waals surface area (Å²) in [4.78, 5) is 19.5. The number of aliphatic imine (C=N–C) groups is 1. The van der Waals surface area contributed by atoms with E-state index < -0.39 is 0 Å². The van der Waals surface area contributed by atoms with Gasteiger partial charge in [-0.25, -0.2) is 0 Å². The number of halogens is 3. The van der Waals surface area contributed by atoms with Gasteiger partial charge in [-0.3, -0.25) is 14.7 Å². The Kier molecular flexibility index (Phi) is 8.23. The summed E-state index contributed by atoms with van der Waals surface area (Å²) in [5, 5.41) is 0.766. The van der Waals surface area contributed by atoms with Crippen molar-refractivity contribution in [3.63, 3.8) is 0 Å². The lowest BCUT2D eigenvalue weighted by Crippen LogP contribution is -2.28. The summed E-state index contributed by atoms with van der Waals surface area (Å²) in [6.07, 6.45) is 1.90. The Balaban J connectivity index is 1.80. The highest BCUT2D eigenvalue weighted by molar-refractivity contribution is 14.1. The minimum absolute atomic E-state index is 0.00372. The lowest BCUT2D eigenvalue weighted by Gasteiger charge is -2.12. The van der Waals surface area contributed by atoms with Gasteiger partial charge in [-0.2, -0.15) is 0 Å². The van der Waals surface area contributed by atoms with Crippen molar-refractivity contribution >= 4 is 83.4 Å². The summed E-state index contributed by atoms with van der Waals surface area (Å²) in [6.45, 7) is 5.67. The number of carbonyl (C=O) groups excluding carboxylic acids is 1. The minimum Gasteiger partial charge on any atom is -0.487 e. The van der Waals surface area contributed by atoms with Gasteiger partial charge in [0.25, 0.3) is 5.91 Å². The van der Waals surface area contributed by atoms with E-state index in [-0.39, 0.29) is 5.91 Å². The van der Waals surface area contributed by atoms with Gasteiger partial charge in [0.15, 0.2) is 5.17 Å². The third-order valence-electron chi connectivity index (χ3n) is 4.11. The van der Waals surface area contributed by atoms with E-state index in [9.17, 15) is 4.79 Å². The number of nitrogens with zero attached hydrogens (tertiary/aromatic N) is 2. The molecule has 0 aromatic heterocycles. The summed E-state index contributed by atoms with van der Waals surface area (Å²) in [5.41, 5.74) is 2.01. The fourth-order valence-electron chi connectivity index (χ4n) is 2.73. The van der Waals surface area contributed by atoms with Gasteiger partial charge in [-0.15, -0.1) is 0 Å². The van der Waals surface area contributed by atoms with Crippen LogP contribution in [0.4, 0.5) is 0 Å². The van der Waals surface area contributed by atoms with Crippen LogP contribution in [0.25, 0.3) is 6.08 Å². The maximum Gasteiger partial charge on any atom is 0.266 e. The van der Waals surface area contributed by atoms with Crippen molar-refractivity contribution in [3.05, 3.63) is 64.9 Å². The monoisotopic (exact) mass is 648 g/mol. The molecule has 2 aromatic rings. The molecular formula is C21H19Br2IN2O2S. The van der Waals surface area contributed by atoms with Crippen molar-refractivity contribution in [2.75, 3.05) is 13.1 Å². The van der Waals surface area contributed by atoms with E-state index in [1.165, 1.54) is 15.3 Å². The molecule has 2 aromatic carbocycles. The Bertz CT molecular complexity index is 954. The molecule has 1 saturated heterocycles. The van der Waals surface area contributed by atoms with Crippen molar-refractivity contribution in [3.8, 4) is 5.75 Å². The van der Waals surface area contributed by atoms with Crippen molar-refractivity contribution < 1.29 is 9.53 Å². The Labute approximate surface area is 205 Å². The van der Waals surface area contributed by atoms with Gasteiger partial charge in [-0.1, -0.05) is 12.1 Å². The van der Waals surface area contributed by atoms with E-state index in [4.69, 9.17) is 4.74 Å². The number of amidine groups is 1. The number of rotatable bonds is 6. The van der Waals surface area contributed by atoms with Crippen LogP contribution in [0.3, 0.4) is 0 Å². The number of thioether (sulfide) groups is 1. The third-order valence-corrected chi connectivity index (χ3v) is 7.05. The van der Waals surface area contributed by atoms with Gasteiger partial charge in [0, 0.05) is 16.7 Å². The molecule has 0 saturated carbocycles. The van der Waals surface area contributed by atoms with E-state index in [0.717, 1.165) is 31.0 Å². The highest BCUT2D eigenvalue weighted by Crippen LogP contribution is 2.38. The van der Waals surface area contributed by atoms with Crippen LogP contribution in [0.2, 0.25) is 0 Å². The Morgan fingerprint density at radius 3 is 2.41 bits per heavy atom. The summed E-state index contributed by atoms with van der Waals surface area (Å²) in [7, 11) is 0. The van der Waals surface area contributed by atoms with E-state index in [2.05, 4.69) is 83.7 Å². The zero-order valence-corrected chi connectivity index (χ0v) is 22.1. The van der Waals surface area contributed by atoms with Crippen LogP contribution in [0, 0.1) is 3.57 Å². The lowest BCUT2D eigenvalue weighted by molar-refractivity contribution is -0.122. The van der Waals surface area contributed by atoms with Crippen molar-refractivity contribution in [2.24, 2.45) is 4.99 Å². The maximum absolute atomic E-state index is 12.7. The fraction of sp³-hybridized carbons (Fsp3) is 0.238. The first-order chi connectivity index (χ1) is 13.9. The SMILES string of the molecule is CCN=C1S/C(=C/c2cc(Br)c(OCc3ccc(I)cc3)c(Br)c2)C(=O)N1CC. The molecule has 1 fully saturated rings. The normalized spacial score (nSPS) is 16.9. The Morgan fingerprint density at radius 2 is 1.83 bits per heavy atom. The standard InChI is InChI=1S/C21H19Br2IN2O2S/c1-3-25-21-26(4-2)20(27)18(29-21)11-14-9-16(22)19(17(23)10-14)28-12-13-5-7-15(24)8-6-13/h5-11H,3-4,12H2,1-2H3/b18-11+,25-21?. The Morgan fingerprint density at radius 1 is 1.17 bits per heavy atom. The zero-order chi connectivity index (χ0) is 21.0. The van der Waals surface area contributed by atoms with E-state index >= 15 is 0 Å². The molecule has 0 unspecified atom stereocenters. The first-order valence-electron chi connectivity index (χ1n) is 9.05. The largest absolute Gasteiger partial charge is 0.487 e. The van der Waals surface area contributed by atoms with Gasteiger partial charge in [0.1, 0.15) is 12.4 Å². The quantitative estimate of drug-likeness (QED) is 0.258. The highest BCUT2D eigenvalue weighted by Gasteiger charge is 2.31. The van der Waals surface area contributed by atoms with Crippen LogP contribution in [-0.2, 0) is 11.4 Å². The second-order valence-electron chi connectivity index (χ2n) is 6.15. The molecule has 0 radical (unpaired) electrons. The molecule has 1 amide bonds. The average molecular weight is 650 g/mol. The number of likely N-dealkylation sites (N-methyl/N-ethyl adjacent to an activating group) is 1. The van der Waals surface area contributed by atoms with Gasteiger partial charge < -0.3 is 4.74 Å². The van der Waals surface area contributed by atoms with Crippen molar-refractivity contribution in [2.45, 2.75) is 20.5 Å². The molecule has 0 atom stereocenters. The van der Waals surface area contributed by atoms with Gasteiger partial charge >= 0.3 is 0 Å². The molecule has 0 spiro atoms. The average Bonchev–Trinajstić information content (AvgIpc) is 2.97. The number of hydrogen-bond donors (Lipinski definition) is 0. The summed E-state index contributed by atoms with van der Waals surface area (Å²) in [6, 6.07) is 12.1. The number of benzene rings is 2. The molecule has 3 rings (SSSR count). The van der Waals surface area contributed by atoms with Crippen LogP contribution in [0.5, 0.6) is 5.75 Å². The smallest absolute Gasteiger partial charge is 0.266 e. The molecule has 0 N–H and O–H groups in total. The molecule has 0 bridgehead atoms. The van der Waals surface area contributed by atoms with Crippen molar-refractivity contribution in [1.29, 1.82) is 0 Å². The first-order valence-corrected chi connectivity index (χ1v) is 12.5. The molecule has 1 aliphatic rings. The molecular weight excluding hydrogens is 631 g/mol. The van der Waals surface area contributed by atoms with Crippen molar-refractivity contribution in [1.82, 2.24) is 4.90 Å². The topological polar surface area (TPSA) is 41.9 Å². The molecule has 0 aliphatic carbocycles. The predicted molar refractivity (Wildman–Crippen MR) is 136 cm³/mol. The number of carbonyl (C=O) groups is 1. The second-order valence-corrected chi connectivity index (χ2v) is 10.1. The molecule has 29 heavy (non-hydrogen) atoms. The van der Waals surface area contributed by atoms with Gasteiger partial charge in [0.05, 0.1) is 13.9 Å². The molecule has 1 heterocycles. The van der Waals surface area contributed by atoms with Crippen LogP contribution >= 0.6 is 66.2 Å². The molecule has 1 aliphatic heterocycles. The summed E-state index contributed by atoms with van der Waals surface area (Å²) < 4.78 is 8.86. The maximum atomic E-state index is 12.7. The summed E-state index contributed by atoms with van der Waals surface area (Å²) >= 11 is 10.9. The zero-order valence-electron chi connectivity index (χ0n) is 15.9. The van der Waals surface area contributed by atoms with Crippen LogP contribution in [0.15, 0.2) is 55.2 Å². The Hall–Kier alpha value is -0.840. The van der Waals surface area contributed by atoms with Crippen LogP contribution in [0.1, 0.15) is 25.0 Å². The second kappa shape index (κ2) is 10.5. The van der Waals surface area contributed by atoms with Crippen LogP contribution < -0.4 is 4.74 Å². The van der Waals surface area contributed by atoms with E-state index in [0.29, 0.717) is 24.6 Å². The number of hydrogen-bond acceptors (Lipinski definition) is 4. The first kappa shape index (κ1) is 22.8. The fourth-order valence-corrected chi connectivity index (χ4v) is 5.64. The van der Waals surface area contributed by atoms with Gasteiger partial charge in [0.2, 0.25) is 0 Å². The third kappa shape index (κ3) is 5.65. The summed E-state index contributed by atoms with van der Waals surface area (Å²) in [5.74, 6) is 0.732. The molecule has 152 valence electrons. The van der Waals surface area contributed by atoms with Gasteiger partial charge in [-0.05, 0) is 122 Å². The number of amides is 1. The van der Waals surface area contributed by atoms with E-state index in [1.54, 1.807) is 4.90 Å². The number of ether oxygens (including phenoxy) is 1. The highest BCUT2D eigenvalue weighted by atomic mass is 127. The van der Waals surface area contributed by atoms with E-state index in [1.807, 2.05) is 32.1 Å². The minimum atomic E-state index is -0.00372. The molecule has 4 nitrogen and oxygen atoms in total.